The molecule has 0 aliphatic heterocycles. The van der Waals surface area contributed by atoms with E-state index in [4.69, 9.17) is 0 Å². The van der Waals surface area contributed by atoms with E-state index in [1.54, 1.807) is 0 Å². The third-order valence-electron chi connectivity index (χ3n) is 1.39. The topological polar surface area (TPSA) is 52.2 Å². The van der Waals surface area contributed by atoms with E-state index in [1.807, 2.05) is 19.0 Å². The molecule has 1 atom stereocenters. The van der Waals surface area contributed by atoms with Gasteiger partial charge in [0, 0.05) is 11.8 Å². The zero-order valence-corrected chi connectivity index (χ0v) is 8.30. The number of amides is 1. The number of hydrogen-bond donors (Lipinski definition) is 2. The monoisotopic (exact) mass is 191 g/mol. The summed E-state index contributed by atoms with van der Waals surface area (Å²) in [4.78, 5) is 12.0. The van der Waals surface area contributed by atoms with Crippen LogP contribution in [-0.4, -0.2) is 43.4 Å². The van der Waals surface area contributed by atoms with Crippen molar-refractivity contribution in [2.75, 3.05) is 27.2 Å². The van der Waals surface area contributed by atoms with E-state index in [1.165, 1.54) is 0 Å². The van der Waals surface area contributed by atoms with E-state index in [9.17, 15) is 9.90 Å². The molecule has 0 aliphatic rings. The van der Waals surface area contributed by atoms with E-state index in [0.29, 0.717) is 6.54 Å². The highest BCUT2D eigenvalue weighted by Gasteiger charge is 2.05. The molecule has 0 spiro atoms. The second-order valence-corrected chi connectivity index (χ2v) is 3.64. The van der Waals surface area contributed by atoms with Crippen molar-refractivity contribution in [1.82, 2.24) is 10.2 Å². The molecule has 0 aromatic carbocycles. The van der Waals surface area contributed by atoms with Crippen molar-refractivity contribution in [2.45, 2.75) is 11.7 Å². The van der Waals surface area contributed by atoms with E-state index in [0.717, 1.165) is 13.0 Å². The zero-order chi connectivity index (χ0) is 9.56. The summed E-state index contributed by atoms with van der Waals surface area (Å²) in [5, 5.41) is 12.2. The number of carbonyl (C=O) groups is 1. The fraction of sp³-hybridized carbons (Fsp3) is 0.857. The minimum atomic E-state index is -1.24. The van der Waals surface area contributed by atoms with Gasteiger partial charge in [-0.05, 0) is 27.1 Å². The Kier molecular flexibility index (Phi) is 5.92. The minimum absolute atomic E-state index is 0.0605. The van der Waals surface area contributed by atoms with Gasteiger partial charge in [-0.3, -0.25) is 0 Å². The lowest BCUT2D eigenvalue weighted by Gasteiger charge is -2.13. The van der Waals surface area contributed by atoms with Crippen molar-refractivity contribution in [3.8, 4) is 0 Å². The maximum Gasteiger partial charge on any atom is 0.450 e. The quantitative estimate of drug-likeness (QED) is 0.617. The van der Waals surface area contributed by atoms with Crippen LogP contribution in [0.5, 0.6) is 0 Å². The summed E-state index contributed by atoms with van der Waals surface area (Å²) in [6.07, 6.45) is -0.380. The molecule has 0 aromatic rings. The van der Waals surface area contributed by atoms with Crippen LogP contribution in [0.2, 0.25) is 0 Å². The van der Waals surface area contributed by atoms with Crippen LogP contribution in [-0.2, 0) is 5.11 Å². The first-order chi connectivity index (χ1) is 5.52. The summed E-state index contributed by atoms with van der Waals surface area (Å²) in [6, 6.07) is 0. The molecule has 0 heterocycles. The first-order valence-electron chi connectivity index (χ1n) is 3.80. The summed E-state index contributed by atoms with van der Waals surface area (Å²) < 4.78 is 0. The Hall–Kier alpha value is -0.420. The van der Waals surface area contributed by atoms with Crippen LogP contribution >= 0.6 is 12.6 Å². The van der Waals surface area contributed by atoms with Gasteiger partial charge in [-0.1, -0.05) is 0 Å². The van der Waals surface area contributed by atoms with Crippen LogP contribution in [0.15, 0.2) is 0 Å². The minimum Gasteiger partial charge on any atom is -0.317 e. The van der Waals surface area contributed by atoms with Crippen molar-refractivity contribution in [1.29, 1.82) is 0 Å². The van der Waals surface area contributed by atoms with E-state index in [2.05, 4.69) is 17.9 Å². The number of nitrogens with one attached hydrogen (secondary N) is 1. The molecule has 5 heteroatoms. The molecule has 0 fully saturated rings. The summed E-state index contributed by atoms with van der Waals surface area (Å²) in [5.74, 6) is 0. The van der Waals surface area contributed by atoms with Crippen LogP contribution < -0.4 is 5.32 Å². The van der Waals surface area contributed by atoms with Gasteiger partial charge >= 0.3 is 6.09 Å². The number of rotatable bonds is 5. The molecule has 1 unspecified atom stereocenters. The van der Waals surface area contributed by atoms with Crippen LogP contribution in [0.1, 0.15) is 6.42 Å². The summed E-state index contributed by atoms with van der Waals surface area (Å²) in [7, 11) is 3.93. The van der Waals surface area contributed by atoms with Gasteiger partial charge < -0.3 is 10.2 Å². The molecular weight excluding hydrogens is 176 g/mol. The predicted molar refractivity (Wildman–Crippen MR) is 50.0 cm³/mol. The summed E-state index contributed by atoms with van der Waals surface area (Å²) in [5.41, 5.74) is 0. The second kappa shape index (κ2) is 6.14. The molecular formula is C7H15N2O2S. The average molecular weight is 191 g/mol. The summed E-state index contributed by atoms with van der Waals surface area (Å²) >= 11 is 4.20. The fourth-order valence-electron chi connectivity index (χ4n) is 0.710. The molecule has 0 aromatic heterocycles. The highest BCUT2D eigenvalue weighted by atomic mass is 32.1. The van der Waals surface area contributed by atoms with Gasteiger partial charge in [0.25, 0.3) is 0 Å². The Morgan fingerprint density at radius 3 is 2.58 bits per heavy atom. The van der Waals surface area contributed by atoms with Gasteiger partial charge in [-0.15, -0.1) is 0 Å². The third kappa shape index (κ3) is 7.68. The fourth-order valence-corrected chi connectivity index (χ4v) is 0.917. The van der Waals surface area contributed by atoms with Crippen LogP contribution in [0.4, 0.5) is 4.79 Å². The number of hydrogen-bond acceptors (Lipinski definition) is 3. The average Bonchev–Trinajstić information content (AvgIpc) is 1.96. The zero-order valence-electron chi connectivity index (χ0n) is 7.41. The van der Waals surface area contributed by atoms with Crippen molar-refractivity contribution < 1.29 is 9.90 Å². The Morgan fingerprint density at radius 2 is 2.17 bits per heavy atom. The lowest BCUT2D eigenvalue weighted by Crippen LogP contribution is -2.29. The molecule has 71 valence electrons. The molecule has 0 bridgehead atoms. The van der Waals surface area contributed by atoms with Crippen molar-refractivity contribution >= 4 is 18.7 Å². The van der Waals surface area contributed by atoms with Gasteiger partial charge in [0.05, 0.1) is 0 Å². The molecule has 0 saturated heterocycles. The second-order valence-electron chi connectivity index (χ2n) is 2.91. The Labute approximate surface area is 78.3 Å². The molecule has 1 amide bonds. The van der Waals surface area contributed by atoms with Crippen molar-refractivity contribution in [3.63, 3.8) is 0 Å². The summed E-state index contributed by atoms with van der Waals surface area (Å²) in [6.45, 7) is 1.25. The Morgan fingerprint density at radius 1 is 1.58 bits per heavy atom. The normalized spacial score (nSPS) is 13.0. The Bertz CT molecular complexity index is 141. The van der Waals surface area contributed by atoms with Crippen molar-refractivity contribution in [2.24, 2.45) is 0 Å². The van der Waals surface area contributed by atoms with E-state index < -0.39 is 6.09 Å². The van der Waals surface area contributed by atoms with Gasteiger partial charge in [-0.25, -0.2) is 9.90 Å². The number of nitrogens with zero attached hydrogens (tertiary/aromatic N) is 1. The van der Waals surface area contributed by atoms with Crippen LogP contribution in [0, 0.1) is 0 Å². The van der Waals surface area contributed by atoms with Gasteiger partial charge in [0.15, 0.2) is 0 Å². The lowest BCUT2D eigenvalue weighted by molar-refractivity contribution is 0.168. The van der Waals surface area contributed by atoms with Gasteiger partial charge in [0.1, 0.15) is 0 Å². The maximum atomic E-state index is 9.98. The standard InChI is InChI=1S/C7H15N2O2S/c1-9(2)4-3-6(12)5-8-7(10)11/h6,8,12H,3-5H2,1-2H3. The molecule has 12 heavy (non-hydrogen) atoms. The van der Waals surface area contributed by atoms with E-state index in [-0.39, 0.29) is 5.25 Å². The molecule has 0 rings (SSSR count). The molecule has 1 N–H and O–H groups in total. The smallest absolute Gasteiger partial charge is 0.317 e. The lowest BCUT2D eigenvalue weighted by atomic mass is 10.3. The van der Waals surface area contributed by atoms with Gasteiger partial charge in [-0.2, -0.15) is 12.6 Å². The van der Waals surface area contributed by atoms with Crippen LogP contribution in [0.25, 0.3) is 0 Å². The molecule has 1 radical (unpaired) electrons. The number of thiol groups is 1. The number of carbonyl (C=O) groups excluding carboxylic acids is 1. The first kappa shape index (κ1) is 11.6. The largest absolute Gasteiger partial charge is 0.450 e. The molecule has 4 nitrogen and oxygen atoms in total. The van der Waals surface area contributed by atoms with Crippen molar-refractivity contribution in [3.05, 3.63) is 0 Å². The molecule has 0 aliphatic carbocycles. The maximum absolute atomic E-state index is 9.98. The highest BCUT2D eigenvalue weighted by Crippen LogP contribution is 1.99. The Balaban J connectivity index is 3.33. The SMILES string of the molecule is CN(C)CCC(S)CNC([O])=O. The first-order valence-corrected chi connectivity index (χ1v) is 4.31. The van der Waals surface area contributed by atoms with Crippen LogP contribution in [0.3, 0.4) is 0 Å². The molecule has 0 saturated carbocycles. The van der Waals surface area contributed by atoms with Gasteiger partial charge in [0.2, 0.25) is 0 Å². The van der Waals surface area contributed by atoms with E-state index >= 15 is 0 Å². The predicted octanol–water partition coefficient (Wildman–Crippen LogP) is 0.377. The third-order valence-corrected chi connectivity index (χ3v) is 1.83. The highest BCUT2D eigenvalue weighted by molar-refractivity contribution is 7.81.